The van der Waals surface area contributed by atoms with E-state index < -0.39 is 0 Å². The van der Waals surface area contributed by atoms with Gasteiger partial charge in [0.2, 0.25) is 6.79 Å². The van der Waals surface area contributed by atoms with E-state index in [0.29, 0.717) is 35.1 Å². The molecule has 0 atom stereocenters. The number of hydrogen-bond acceptors (Lipinski definition) is 4. The number of ether oxygens (including phenoxy) is 2. The average Bonchev–Trinajstić information content (AvgIpc) is 3.43. The summed E-state index contributed by atoms with van der Waals surface area (Å²) in [5.41, 5.74) is 4.93. The molecule has 3 aromatic carbocycles. The Balaban J connectivity index is 1.42. The van der Waals surface area contributed by atoms with Crippen molar-refractivity contribution in [2.24, 2.45) is 4.99 Å². The number of benzene rings is 3. The Morgan fingerprint density at radius 1 is 1.03 bits per heavy atom. The lowest BCUT2D eigenvalue weighted by molar-refractivity contribution is -0.117. The molecule has 0 saturated carbocycles. The standard InChI is InChI=1S/C25H19ClN2O3/c26-20-7-3-1-5-17(20)12-19(22-13-18-6-2-4-8-21(18)28-22)25(29)27-14-16-9-10-23-24(11-16)31-15-30-23/h1-12H,13-15H2,(H,27,29)/b19-12+. The molecule has 31 heavy (non-hydrogen) atoms. The van der Waals surface area contributed by atoms with E-state index in [1.165, 1.54) is 0 Å². The van der Waals surface area contributed by atoms with Gasteiger partial charge in [-0.2, -0.15) is 0 Å². The minimum absolute atomic E-state index is 0.204. The highest BCUT2D eigenvalue weighted by atomic mass is 35.5. The van der Waals surface area contributed by atoms with Crippen LogP contribution in [0.3, 0.4) is 0 Å². The first-order chi connectivity index (χ1) is 15.2. The SMILES string of the molecule is O=C(NCc1ccc2c(c1)OCO2)/C(=C/c1ccccc1Cl)C1=Nc2ccccc2C1. The Morgan fingerprint density at radius 2 is 1.84 bits per heavy atom. The molecule has 2 aliphatic rings. The number of rotatable bonds is 5. The van der Waals surface area contributed by atoms with E-state index >= 15 is 0 Å². The van der Waals surface area contributed by atoms with Crippen LogP contribution < -0.4 is 14.8 Å². The van der Waals surface area contributed by atoms with E-state index in [4.69, 9.17) is 26.1 Å². The van der Waals surface area contributed by atoms with Crippen LogP contribution in [0.4, 0.5) is 5.69 Å². The van der Waals surface area contributed by atoms with Gasteiger partial charge in [0.1, 0.15) is 0 Å². The van der Waals surface area contributed by atoms with Gasteiger partial charge in [-0.05, 0) is 47.0 Å². The van der Waals surface area contributed by atoms with Gasteiger partial charge in [-0.25, -0.2) is 0 Å². The molecule has 0 saturated heterocycles. The van der Waals surface area contributed by atoms with Gasteiger partial charge in [-0.15, -0.1) is 0 Å². The van der Waals surface area contributed by atoms with E-state index in [-0.39, 0.29) is 12.7 Å². The maximum Gasteiger partial charge on any atom is 0.253 e. The van der Waals surface area contributed by atoms with Gasteiger partial charge in [0.15, 0.2) is 11.5 Å². The second-order valence-corrected chi connectivity index (χ2v) is 7.72. The fraction of sp³-hybridized carbons (Fsp3) is 0.120. The van der Waals surface area contributed by atoms with Gasteiger partial charge in [0.25, 0.3) is 5.91 Å². The molecule has 2 heterocycles. The molecule has 0 fully saturated rings. The second-order valence-electron chi connectivity index (χ2n) is 7.31. The van der Waals surface area contributed by atoms with Crippen molar-refractivity contribution in [3.05, 3.63) is 94.0 Å². The molecule has 1 N–H and O–H groups in total. The number of nitrogens with one attached hydrogen (secondary N) is 1. The van der Waals surface area contributed by atoms with Gasteiger partial charge < -0.3 is 14.8 Å². The summed E-state index contributed by atoms with van der Waals surface area (Å²) in [6.45, 7) is 0.575. The fourth-order valence-electron chi connectivity index (χ4n) is 3.65. The van der Waals surface area contributed by atoms with E-state index in [9.17, 15) is 4.79 Å². The Morgan fingerprint density at radius 3 is 2.71 bits per heavy atom. The summed E-state index contributed by atoms with van der Waals surface area (Å²) in [7, 11) is 0. The molecular weight excluding hydrogens is 412 g/mol. The summed E-state index contributed by atoms with van der Waals surface area (Å²) < 4.78 is 10.8. The lowest BCUT2D eigenvalue weighted by atomic mass is 10.0. The maximum absolute atomic E-state index is 13.2. The van der Waals surface area contributed by atoms with Crippen molar-refractivity contribution in [3.8, 4) is 11.5 Å². The minimum Gasteiger partial charge on any atom is -0.454 e. The number of halogens is 1. The quantitative estimate of drug-likeness (QED) is 0.573. The van der Waals surface area contributed by atoms with E-state index in [0.717, 1.165) is 28.1 Å². The predicted molar refractivity (Wildman–Crippen MR) is 121 cm³/mol. The fourth-order valence-corrected chi connectivity index (χ4v) is 3.84. The first-order valence-electron chi connectivity index (χ1n) is 9.96. The monoisotopic (exact) mass is 430 g/mol. The number of amides is 1. The largest absolute Gasteiger partial charge is 0.454 e. The van der Waals surface area contributed by atoms with Gasteiger partial charge in [0.05, 0.1) is 17.0 Å². The third-order valence-corrected chi connectivity index (χ3v) is 5.60. The van der Waals surface area contributed by atoms with Gasteiger partial charge in [-0.3, -0.25) is 9.79 Å². The second kappa shape index (κ2) is 8.28. The Hall–Kier alpha value is -3.57. The molecule has 154 valence electrons. The summed E-state index contributed by atoms with van der Waals surface area (Å²) in [6.07, 6.45) is 2.41. The maximum atomic E-state index is 13.2. The number of fused-ring (bicyclic) bond motifs is 2. The summed E-state index contributed by atoms with van der Waals surface area (Å²) in [5, 5.41) is 3.59. The molecule has 0 radical (unpaired) electrons. The van der Waals surface area contributed by atoms with Crippen LogP contribution in [0, 0.1) is 0 Å². The molecule has 6 heteroatoms. The summed E-state index contributed by atoms with van der Waals surface area (Å²) in [4.78, 5) is 18.0. The highest BCUT2D eigenvalue weighted by Gasteiger charge is 2.23. The van der Waals surface area contributed by atoms with Crippen LogP contribution in [-0.2, 0) is 17.8 Å². The molecule has 0 bridgehead atoms. The van der Waals surface area contributed by atoms with Crippen molar-refractivity contribution >= 4 is 35.0 Å². The average molecular weight is 431 g/mol. The normalized spacial score (nSPS) is 14.2. The minimum atomic E-state index is -0.204. The molecule has 0 unspecified atom stereocenters. The number of para-hydroxylation sites is 1. The molecule has 0 aromatic heterocycles. The molecule has 1 amide bonds. The van der Waals surface area contributed by atoms with Gasteiger partial charge >= 0.3 is 0 Å². The first kappa shape index (κ1) is 19.4. The highest BCUT2D eigenvalue weighted by Crippen LogP contribution is 2.33. The van der Waals surface area contributed by atoms with E-state index in [1.54, 1.807) is 6.07 Å². The van der Waals surface area contributed by atoms with Gasteiger partial charge in [0, 0.05) is 18.0 Å². The molecule has 5 nitrogen and oxygen atoms in total. The van der Waals surface area contributed by atoms with Crippen molar-refractivity contribution in [2.45, 2.75) is 13.0 Å². The van der Waals surface area contributed by atoms with Crippen LogP contribution in [-0.4, -0.2) is 18.4 Å². The molecule has 0 aliphatic carbocycles. The van der Waals surface area contributed by atoms with Crippen molar-refractivity contribution in [1.29, 1.82) is 0 Å². The zero-order valence-corrected chi connectivity index (χ0v) is 17.4. The molecule has 0 spiro atoms. The highest BCUT2D eigenvalue weighted by molar-refractivity contribution is 6.33. The smallest absolute Gasteiger partial charge is 0.253 e. The lowest BCUT2D eigenvalue weighted by Gasteiger charge is -2.11. The van der Waals surface area contributed by atoms with Crippen molar-refractivity contribution in [3.63, 3.8) is 0 Å². The third-order valence-electron chi connectivity index (χ3n) is 5.26. The van der Waals surface area contributed by atoms with Crippen LogP contribution in [0.5, 0.6) is 11.5 Å². The predicted octanol–water partition coefficient (Wildman–Crippen LogP) is 5.10. The zero-order valence-electron chi connectivity index (χ0n) is 16.6. The van der Waals surface area contributed by atoms with Crippen LogP contribution >= 0.6 is 11.6 Å². The van der Waals surface area contributed by atoms with E-state index in [2.05, 4.69) is 5.32 Å². The number of nitrogens with zero attached hydrogens (tertiary/aromatic N) is 1. The molecule has 2 aliphatic heterocycles. The van der Waals surface area contributed by atoms with Crippen LogP contribution in [0.1, 0.15) is 16.7 Å². The molecule has 3 aromatic rings. The lowest BCUT2D eigenvalue weighted by Crippen LogP contribution is -2.28. The van der Waals surface area contributed by atoms with Crippen molar-refractivity contribution < 1.29 is 14.3 Å². The van der Waals surface area contributed by atoms with Crippen LogP contribution in [0.2, 0.25) is 5.02 Å². The van der Waals surface area contributed by atoms with Gasteiger partial charge in [-0.1, -0.05) is 54.1 Å². The van der Waals surface area contributed by atoms with Crippen molar-refractivity contribution in [1.82, 2.24) is 5.32 Å². The molecular formula is C25H19ClN2O3. The van der Waals surface area contributed by atoms with E-state index in [1.807, 2.05) is 66.7 Å². The summed E-state index contributed by atoms with van der Waals surface area (Å²) in [5.74, 6) is 1.20. The zero-order chi connectivity index (χ0) is 21.2. The van der Waals surface area contributed by atoms with Crippen LogP contribution in [0.25, 0.3) is 6.08 Å². The summed E-state index contributed by atoms with van der Waals surface area (Å²) in [6, 6.07) is 21.0. The number of aliphatic imine (C=N–C) groups is 1. The number of hydrogen-bond donors (Lipinski definition) is 1. The number of carbonyl (C=O) groups excluding carboxylic acids is 1. The number of carbonyl (C=O) groups is 1. The van der Waals surface area contributed by atoms with Crippen LogP contribution in [0.15, 0.2) is 77.3 Å². The Labute approximate surface area is 185 Å². The Kier molecular flexibility index (Phi) is 5.18. The summed E-state index contributed by atoms with van der Waals surface area (Å²) >= 11 is 6.35. The molecule has 5 rings (SSSR count). The first-order valence-corrected chi connectivity index (χ1v) is 10.3. The van der Waals surface area contributed by atoms with Crippen molar-refractivity contribution in [2.75, 3.05) is 6.79 Å². The topological polar surface area (TPSA) is 59.9 Å². The Bertz CT molecular complexity index is 1230. The third kappa shape index (κ3) is 4.05.